The largest absolute Gasteiger partial charge is 0.440 e. The molecule has 1 aliphatic rings. The minimum absolute atomic E-state index is 0.117. The monoisotopic (exact) mass is 418 g/mol. The molecule has 0 spiro atoms. The molecule has 1 fully saturated rings. The van der Waals surface area contributed by atoms with E-state index in [9.17, 15) is 27.2 Å². The van der Waals surface area contributed by atoms with Gasteiger partial charge in [0.2, 0.25) is 11.0 Å². The number of ether oxygens (including phenoxy) is 1. The van der Waals surface area contributed by atoms with Gasteiger partial charge in [0, 0.05) is 23.6 Å². The maximum absolute atomic E-state index is 13.0. The van der Waals surface area contributed by atoms with Crippen molar-refractivity contribution >= 4 is 28.7 Å². The molecule has 0 aliphatic carbocycles. The Labute approximate surface area is 160 Å². The van der Waals surface area contributed by atoms with Crippen LogP contribution in [0.3, 0.4) is 0 Å². The third-order valence-corrected chi connectivity index (χ3v) is 4.54. The molecule has 7 nitrogen and oxygen atoms in total. The van der Waals surface area contributed by atoms with Crippen LogP contribution < -0.4 is 5.32 Å². The zero-order valence-corrected chi connectivity index (χ0v) is 15.0. The summed E-state index contributed by atoms with van der Waals surface area (Å²) in [7, 11) is 0. The molecule has 12 heteroatoms. The van der Waals surface area contributed by atoms with Crippen LogP contribution in [0.2, 0.25) is 0 Å². The Morgan fingerprint density at radius 3 is 2.68 bits per heavy atom. The van der Waals surface area contributed by atoms with Gasteiger partial charge in [0.05, 0.1) is 0 Å². The van der Waals surface area contributed by atoms with E-state index in [1.807, 2.05) is 0 Å². The SMILES string of the molecule is O=C(Nc1nc(-c2ccc(F)cc2)ns1)C1CCCN1C(=O)OCC(F)(F)F. The van der Waals surface area contributed by atoms with Gasteiger partial charge in [0.1, 0.15) is 11.9 Å². The summed E-state index contributed by atoms with van der Waals surface area (Å²) in [6.45, 7) is -1.60. The van der Waals surface area contributed by atoms with Crippen molar-refractivity contribution in [3.8, 4) is 11.4 Å². The lowest BCUT2D eigenvalue weighted by Gasteiger charge is -2.23. The van der Waals surface area contributed by atoms with Gasteiger partial charge in [-0.15, -0.1) is 0 Å². The minimum Gasteiger partial charge on any atom is -0.440 e. The molecule has 28 heavy (non-hydrogen) atoms. The van der Waals surface area contributed by atoms with E-state index in [1.54, 1.807) is 0 Å². The number of nitrogens with one attached hydrogen (secondary N) is 1. The van der Waals surface area contributed by atoms with Crippen LogP contribution in [0.4, 0.5) is 27.5 Å². The lowest BCUT2D eigenvalue weighted by Crippen LogP contribution is -2.44. The van der Waals surface area contributed by atoms with Crippen LogP contribution in [0.15, 0.2) is 24.3 Å². The lowest BCUT2D eigenvalue weighted by molar-refractivity contribution is -0.162. The number of carbonyl (C=O) groups excluding carboxylic acids is 2. The molecule has 2 amide bonds. The number of carbonyl (C=O) groups is 2. The number of hydrogen-bond donors (Lipinski definition) is 1. The van der Waals surface area contributed by atoms with Crippen molar-refractivity contribution in [1.29, 1.82) is 0 Å². The molecule has 0 radical (unpaired) electrons. The van der Waals surface area contributed by atoms with Crippen molar-refractivity contribution in [1.82, 2.24) is 14.3 Å². The van der Waals surface area contributed by atoms with Gasteiger partial charge in [-0.05, 0) is 37.1 Å². The van der Waals surface area contributed by atoms with Gasteiger partial charge >= 0.3 is 12.3 Å². The van der Waals surface area contributed by atoms with E-state index < -0.39 is 36.6 Å². The Morgan fingerprint density at radius 1 is 1.29 bits per heavy atom. The summed E-state index contributed by atoms with van der Waals surface area (Å²) in [6, 6.07) is 4.50. The second-order valence-corrected chi connectivity index (χ2v) is 6.69. The van der Waals surface area contributed by atoms with Crippen LogP contribution in [-0.4, -0.2) is 51.6 Å². The van der Waals surface area contributed by atoms with Crippen LogP contribution in [0.1, 0.15) is 12.8 Å². The second-order valence-electron chi connectivity index (χ2n) is 5.94. The third-order valence-electron chi connectivity index (χ3n) is 3.91. The summed E-state index contributed by atoms with van der Waals surface area (Å²) < 4.78 is 57.9. The summed E-state index contributed by atoms with van der Waals surface area (Å²) in [4.78, 5) is 29.4. The quantitative estimate of drug-likeness (QED) is 0.769. The molecule has 1 aromatic carbocycles. The molecular weight excluding hydrogens is 404 g/mol. The molecule has 0 saturated carbocycles. The Bertz CT molecular complexity index is 856. The number of anilines is 1. The Balaban J connectivity index is 1.62. The molecular formula is C16H14F4N4O3S. The highest BCUT2D eigenvalue weighted by Crippen LogP contribution is 2.24. The average molecular weight is 418 g/mol. The zero-order valence-electron chi connectivity index (χ0n) is 14.2. The molecule has 1 N–H and O–H groups in total. The van der Waals surface area contributed by atoms with Crippen LogP contribution in [0.5, 0.6) is 0 Å². The van der Waals surface area contributed by atoms with Crippen molar-refractivity contribution in [2.45, 2.75) is 25.1 Å². The highest BCUT2D eigenvalue weighted by atomic mass is 32.1. The number of benzene rings is 1. The van der Waals surface area contributed by atoms with Crippen molar-refractivity contribution in [3.63, 3.8) is 0 Å². The smallest absolute Gasteiger partial charge is 0.422 e. The topological polar surface area (TPSA) is 84.4 Å². The van der Waals surface area contributed by atoms with Crippen molar-refractivity contribution in [3.05, 3.63) is 30.1 Å². The first-order chi connectivity index (χ1) is 13.2. The van der Waals surface area contributed by atoms with E-state index in [2.05, 4.69) is 19.4 Å². The summed E-state index contributed by atoms with van der Waals surface area (Å²) >= 11 is 0.889. The van der Waals surface area contributed by atoms with E-state index >= 15 is 0 Å². The summed E-state index contributed by atoms with van der Waals surface area (Å²) in [5, 5.41) is 2.66. The van der Waals surface area contributed by atoms with Crippen LogP contribution in [0.25, 0.3) is 11.4 Å². The fourth-order valence-electron chi connectivity index (χ4n) is 2.66. The van der Waals surface area contributed by atoms with Gasteiger partial charge < -0.3 is 4.74 Å². The highest BCUT2D eigenvalue weighted by molar-refractivity contribution is 7.10. The second kappa shape index (κ2) is 8.09. The molecule has 0 bridgehead atoms. The first kappa shape index (κ1) is 20.0. The van der Waals surface area contributed by atoms with E-state index in [0.717, 1.165) is 16.4 Å². The summed E-state index contributed by atoms with van der Waals surface area (Å²) in [5.74, 6) is -0.720. The van der Waals surface area contributed by atoms with Gasteiger partial charge in [-0.3, -0.25) is 15.0 Å². The van der Waals surface area contributed by atoms with E-state index in [4.69, 9.17) is 0 Å². The fraction of sp³-hybridized carbons (Fsp3) is 0.375. The van der Waals surface area contributed by atoms with Gasteiger partial charge in [-0.2, -0.15) is 22.5 Å². The van der Waals surface area contributed by atoms with Gasteiger partial charge in [0.15, 0.2) is 12.4 Å². The molecule has 3 rings (SSSR count). The minimum atomic E-state index is -4.64. The van der Waals surface area contributed by atoms with Crippen LogP contribution in [-0.2, 0) is 9.53 Å². The first-order valence-electron chi connectivity index (χ1n) is 8.13. The van der Waals surface area contributed by atoms with Crippen molar-refractivity contribution in [2.24, 2.45) is 0 Å². The Kier molecular flexibility index (Phi) is 5.77. The zero-order chi connectivity index (χ0) is 20.3. The number of hydrogen-bond acceptors (Lipinski definition) is 6. The molecule has 2 aromatic rings. The Hall–Kier alpha value is -2.76. The van der Waals surface area contributed by atoms with Crippen molar-refractivity contribution in [2.75, 3.05) is 18.5 Å². The Morgan fingerprint density at radius 2 is 2.00 bits per heavy atom. The molecule has 1 aromatic heterocycles. The number of nitrogens with zero attached hydrogens (tertiary/aromatic N) is 3. The number of aromatic nitrogens is 2. The van der Waals surface area contributed by atoms with Crippen LogP contribution >= 0.6 is 11.5 Å². The molecule has 2 heterocycles. The van der Waals surface area contributed by atoms with E-state index in [0.29, 0.717) is 12.0 Å². The maximum atomic E-state index is 13.0. The summed E-state index contributed by atoms with van der Waals surface area (Å²) in [6.07, 6.45) is -5.09. The molecule has 150 valence electrons. The number of halogens is 4. The third kappa shape index (κ3) is 4.94. The number of rotatable bonds is 4. The normalized spacial score (nSPS) is 16.9. The summed E-state index contributed by atoms with van der Waals surface area (Å²) in [5.41, 5.74) is 0.552. The predicted molar refractivity (Wildman–Crippen MR) is 91.1 cm³/mol. The van der Waals surface area contributed by atoms with E-state index in [1.165, 1.54) is 24.3 Å². The lowest BCUT2D eigenvalue weighted by atomic mass is 10.2. The standard InChI is InChI=1S/C16H14F4N4O3S/c17-10-5-3-9(4-6-10)12-21-14(28-23-12)22-13(25)11-2-1-7-24(11)15(26)27-8-16(18,19)20/h3-6,11H,1-2,7-8H2,(H,21,22,23,25). The fourth-order valence-corrected chi connectivity index (χ4v) is 3.26. The van der Waals surface area contributed by atoms with Gasteiger partial charge in [-0.1, -0.05) is 0 Å². The maximum Gasteiger partial charge on any atom is 0.422 e. The molecule has 1 unspecified atom stereocenters. The first-order valence-corrected chi connectivity index (χ1v) is 8.91. The number of alkyl halides is 3. The van der Waals surface area contributed by atoms with E-state index in [-0.39, 0.29) is 23.9 Å². The van der Waals surface area contributed by atoms with Crippen molar-refractivity contribution < 1.29 is 31.9 Å². The predicted octanol–water partition coefficient (Wildman–Crippen LogP) is 3.45. The van der Waals surface area contributed by atoms with Gasteiger partial charge in [0.25, 0.3) is 0 Å². The highest BCUT2D eigenvalue weighted by Gasteiger charge is 2.37. The molecule has 1 atom stereocenters. The molecule has 1 saturated heterocycles. The average Bonchev–Trinajstić information content (AvgIpc) is 3.29. The number of likely N-dealkylation sites (tertiary alicyclic amines) is 1. The molecule has 1 aliphatic heterocycles. The van der Waals surface area contributed by atoms with Gasteiger partial charge in [-0.25, -0.2) is 9.18 Å². The number of amides is 2. The van der Waals surface area contributed by atoms with Crippen LogP contribution in [0, 0.1) is 5.82 Å².